The molecule has 0 radical (unpaired) electrons. The molecule has 0 spiro atoms. The molecule has 4 nitrogen and oxygen atoms in total. The molecular weight excluding hydrogens is 294 g/mol. The van der Waals surface area contributed by atoms with Crippen LogP contribution in [0.5, 0.6) is 0 Å². The molecular formula is C17H17N3OS. The number of benzene rings is 2. The number of aromatic amines is 1. The molecule has 3 aromatic rings. The summed E-state index contributed by atoms with van der Waals surface area (Å²) in [6, 6.07) is 16.1. The maximum Gasteiger partial charge on any atom is 0.236 e. The molecule has 1 heterocycles. The molecule has 3 rings (SSSR count). The highest BCUT2D eigenvalue weighted by Gasteiger charge is 2.07. The molecule has 2 N–H and O–H groups in total. The number of hydrogen-bond acceptors (Lipinski definition) is 3. The summed E-state index contributed by atoms with van der Waals surface area (Å²) in [5, 5.41) is 2.80. The van der Waals surface area contributed by atoms with Crippen LogP contribution in [0, 0.1) is 6.92 Å². The Kier molecular flexibility index (Phi) is 4.44. The van der Waals surface area contributed by atoms with Crippen LogP contribution in [0.1, 0.15) is 11.1 Å². The summed E-state index contributed by atoms with van der Waals surface area (Å²) in [5.74, 6) is 1.69. The van der Waals surface area contributed by atoms with Gasteiger partial charge in [0.25, 0.3) is 0 Å². The van der Waals surface area contributed by atoms with Gasteiger partial charge in [0.2, 0.25) is 11.9 Å². The minimum atomic E-state index is -0.0452. The number of rotatable bonds is 5. The normalized spacial score (nSPS) is 10.8. The van der Waals surface area contributed by atoms with E-state index in [9.17, 15) is 4.79 Å². The van der Waals surface area contributed by atoms with Gasteiger partial charge in [0.15, 0.2) is 0 Å². The van der Waals surface area contributed by atoms with Crippen LogP contribution in [0.15, 0.2) is 48.5 Å². The fourth-order valence-electron chi connectivity index (χ4n) is 2.13. The summed E-state index contributed by atoms with van der Waals surface area (Å²) < 4.78 is 0. The topological polar surface area (TPSA) is 57.8 Å². The van der Waals surface area contributed by atoms with E-state index in [0.29, 0.717) is 11.7 Å². The molecule has 1 aromatic heterocycles. The standard InChI is InChI=1S/C17H17N3OS/c1-12-6-8-13(9-7-12)10-22-11-16(21)20-17-18-14-4-2-3-5-15(14)19-17/h2-9H,10-11H2,1H3,(H2,18,19,20,21). The summed E-state index contributed by atoms with van der Waals surface area (Å²) in [4.78, 5) is 19.4. The van der Waals surface area contributed by atoms with E-state index in [0.717, 1.165) is 16.8 Å². The Bertz CT molecular complexity index is 747. The molecule has 0 aliphatic heterocycles. The SMILES string of the molecule is Cc1ccc(CSCC(=O)Nc2nc3ccccc3[nH]2)cc1. The molecule has 0 saturated heterocycles. The van der Waals surface area contributed by atoms with Crippen molar-refractivity contribution in [1.29, 1.82) is 0 Å². The molecule has 0 bridgehead atoms. The predicted octanol–water partition coefficient (Wildman–Crippen LogP) is 3.74. The van der Waals surface area contributed by atoms with E-state index >= 15 is 0 Å². The Hall–Kier alpha value is -2.27. The van der Waals surface area contributed by atoms with Gasteiger partial charge < -0.3 is 4.98 Å². The first-order chi connectivity index (χ1) is 10.7. The molecule has 22 heavy (non-hydrogen) atoms. The van der Waals surface area contributed by atoms with Crippen molar-refractivity contribution in [3.63, 3.8) is 0 Å². The molecule has 0 saturated carbocycles. The van der Waals surface area contributed by atoms with Crippen LogP contribution in [0.25, 0.3) is 11.0 Å². The fourth-order valence-corrected chi connectivity index (χ4v) is 2.91. The van der Waals surface area contributed by atoms with E-state index in [-0.39, 0.29) is 5.91 Å². The average Bonchev–Trinajstić information content (AvgIpc) is 2.91. The minimum absolute atomic E-state index is 0.0452. The van der Waals surface area contributed by atoms with Crippen LogP contribution in [0.3, 0.4) is 0 Å². The largest absolute Gasteiger partial charge is 0.324 e. The second-order valence-corrected chi connectivity index (χ2v) is 6.11. The Morgan fingerprint density at radius 3 is 2.73 bits per heavy atom. The zero-order valence-corrected chi connectivity index (χ0v) is 13.1. The van der Waals surface area contributed by atoms with Gasteiger partial charge in [-0.1, -0.05) is 42.0 Å². The first kappa shape index (κ1) is 14.7. The number of aromatic nitrogens is 2. The number of carbonyl (C=O) groups excluding carboxylic acids is 1. The van der Waals surface area contributed by atoms with Gasteiger partial charge in [0.05, 0.1) is 16.8 Å². The number of H-pyrrole nitrogens is 1. The summed E-state index contributed by atoms with van der Waals surface area (Å²) in [6.45, 7) is 2.07. The van der Waals surface area contributed by atoms with Crippen molar-refractivity contribution >= 4 is 34.7 Å². The van der Waals surface area contributed by atoms with Gasteiger partial charge in [-0.2, -0.15) is 0 Å². The fraction of sp³-hybridized carbons (Fsp3) is 0.176. The summed E-state index contributed by atoms with van der Waals surface area (Å²) in [6.07, 6.45) is 0. The Morgan fingerprint density at radius 1 is 1.18 bits per heavy atom. The first-order valence-electron chi connectivity index (χ1n) is 7.08. The molecule has 5 heteroatoms. The molecule has 0 aliphatic rings. The van der Waals surface area contributed by atoms with Crippen LogP contribution >= 0.6 is 11.8 Å². The second kappa shape index (κ2) is 6.66. The van der Waals surface area contributed by atoms with E-state index in [2.05, 4.69) is 46.5 Å². The third-order valence-corrected chi connectivity index (χ3v) is 4.27. The van der Waals surface area contributed by atoms with Gasteiger partial charge in [-0.15, -0.1) is 11.8 Å². The van der Waals surface area contributed by atoms with E-state index in [1.807, 2.05) is 24.3 Å². The second-order valence-electron chi connectivity index (χ2n) is 5.13. The van der Waals surface area contributed by atoms with Gasteiger partial charge >= 0.3 is 0 Å². The zero-order valence-electron chi connectivity index (χ0n) is 12.3. The maximum atomic E-state index is 11.9. The first-order valence-corrected chi connectivity index (χ1v) is 8.24. The number of anilines is 1. The number of nitrogens with zero attached hydrogens (tertiary/aromatic N) is 1. The summed E-state index contributed by atoms with van der Waals surface area (Å²) >= 11 is 1.59. The maximum absolute atomic E-state index is 11.9. The zero-order chi connectivity index (χ0) is 15.4. The Morgan fingerprint density at radius 2 is 1.95 bits per heavy atom. The van der Waals surface area contributed by atoms with Gasteiger partial charge in [0, 0.05) is 5.75 Å². The van der Waals surface area contributed by atoms with Crippen molar-refractivity contribution in [3.05, 3.63) is 59.7 Å². The Balaban J connectivity index is 1.50. The van der Waals surface area contributed by atoms with Crippen LogP contribution in [0.2, 0.25) is 0 Å². The predicted molar refractivity (Wildman–Crippen MR) is 92.1 cm³/mol. The van der Waals surface area contributed by atoms with Crippen molar-refractivity contribution < 1.29 is 4.79 Å². The van der Waals surface area contributed by atoms with Gasteiger partial charge in [-0.3, -0.25) is 10.1 Å². The van der Waals surface area contributed by atoms with Gasteiger partial charge in [-0.25, -0.2) is 4.98 Å². The molecule has 0 unspecified atom stereocenters. The Labute approximate surface area is 133 Å². The van der Waals surface area contributed by atoms with Crippen molar-refractivity contribution in [2.75, 3.05) is 11.1 Å². The highest BCUT2D eigenvalue weighted by Crippen LogP contribution is 2.15. The quantitative estimate of drug-likeness (QED) is 0.754. The van der Waals surface area contributed by atoms with Crippen molar-refractivity contribution in [2.45, 2.75) is 12.7 Å². The summed E-state index contributed by atoms with van der Waals surface area (Å²) in [5.41, 5.74) is 4.25. The lowest BCUT2D eigenvalue weighted by Crippen LogP contribution is -2.15. The lowest BCUT2D eigenvalue weighted by molar-refractivity contribution is -0.113. The third kappa shape index (κ3) is 3.68. The van der Waals surface area contributed by atoms with E-state index in [1.165, 1.54) is 11.1 Å². The van der Waals surface area contributed by atoms with Crippen LogP contribution < -0.4 is 5.32 Å². The van der Waals surface area contributed by atoms with Gasteiger partial charge in [-0.05, 0) is 24.6 Å². The van der Waals surface area contributed by atoms with E-state index < -0.39 is 0 Å². The van der Waals surface area contributed by atoms with Crippen molar-refractivity contribution in [2.24, 2.45) is 0 Å². The smallest absolute Gasteiger partial charge is 0.236 e. The van der Waals surface area contributed by atoms with Crippen LogP contribution in [-0.4, -0.2) is 21.6 Å². The number of nitrogens with one attached hydrogen (secondary N) is 2. The van der Waals surface area contributed by atoms with Crippen LogP contribution in [0.4, 0.5) is 5.95 Å². The van der Waals surface area contributed by atoms with E-state index in [1.54, 1.807) is 11.8 Å². The molecule has 0 atom stereocenters. The highest BCUT2D eigenvalue weighted by molar-refractivity contribution is 7.99. The molecule has 0 aliphatic carbocycles. The number of amides is 1. The third-order valence-electron chi connectivity index (χ3n) is 3.27. The van der Waals surface area contributed by atoms with Crippen molar-refractivity contribution in [1.82, 2.24) is 9.97 Å². The number of aryl methyl sites for hydroxylation is 1. The minimum Gasteiger partial charge on any atom is -0.324 e. The molecule has 1 amide bonds. The number of hydrogen-bond donors (Lipinski definition) is 2. The molecule has 112 valence electrons. The highest BCUT2D eigenvalue weighted by atomic mass is 32.2. The number of imidazole rings is 1. The lowest BCUT2D eigenvalue weighted by atomic mass is 10.2. The number of para-hydroxylation sites is 2. The molecule has 0 fully saturated rings. The monoisotopic (exact) mass is 311 g/mol. The summed E-state index contributed by atoms with van der Waals surface area (Å²) in [7, 11) is 0. The van der Waals surface area contributed by atoms with E-state index in [4.69, 9.17) is 0 Å². The van der Waals surface area contributed by atoms with Crippen molar-refractivity contribution in [3.8, 4) is 0 Å². The molecule has 2 aromatic carbocycles. The van der Waals surface area contributed by atoms with Crippen LogP contribution in [-0.2, 0) is 10.5 Å². The average molecular weight is 311 g/mol. The number of thioether (sulfide) groups is 1. The number of fused-ring (bicyclic) bond motifs is 1. The number of carbonyl (C=O) groups is 1. The lowest BCUT2D eigenvalue weighted by Gasteiger charge is -2.03. The van der Waals surface area contributed by atoms with Gasteiger partial charge in [0.1, 0.15) is 0 Å².